The van der Waals surface area contributed by atoms with E-state index >= 15 is 0 Å². The van der Waals surface area contributed by atoms with Crippen LogP contribution in [0, 0.1) is 0 Å². The van der Waals surface area contributed by atoms with Gasteiger partial charge >= 0.3 is 0 Å². The molecule has 1 atom stereocenters. The summed E-state index contributed by atoms with van der Waals surface area (Å²) in [5, 5.41) is 8.85. The van der Waals surface area contributed by atoms with Crippen LogP contribution in [-0.2, 0) is 0 Å². The van der Waals surface area contributed by atoms with E-state index in [0.29, 0.717) is 6.04 Å². The molecule has 0 radical (unpaired) electrons. The van der Waals surface area contributed by atoms with Gasteiger partial charge in [-0.25, -0.2) is 0 Å². The number of aromatic nitrogens is 1. The van der Waals surface area contributed by atoms with Crippen LogP contribution in [0.25, 0.3) is 0 Å². The highest BCUT2D eigenvalue weighted by atomic mass is 16.3. The lowest BCUT2D eigenvalue weighted by Gasteiger charge is -2.22. The predicted octanol–water partition coefficient (Wildman–Crippen LogP) is 1.000. The number of hydrogen-bond acceptors (Lipinski definition) is 2. The van der Waals surface area contributed by atoms with Crippen molar-refractivity contribution in [3.05, 3.63) is 24.0 Å². The molecule has 0 spiro atoms. The number of aliphatic hydroxyl groups excluding tert-OH is 1. The number of hydrogen-bond donors (Lipinski definition) is 2. The standard InChI is InChI=1S/C9H16N2O/c1-11(2)9(4-6-12)8-3-5-10-7-8/h3,5,7,9-10,12H,4,6H2,1-2H3. The van der Waals surface area contributed by atoms with Crippen LogP contribution in [0.3, 0.4) is 0 Å². The Kier molecular flexibility index (Phi) is 3.31. The predicted molar refractivity (Wildman–Crippen MR) is 48.9 cm³/mol. The fourth-order valence-corrected chi connectivity index (χ4v) is 1.39. The number of aromatic amines is 1. The molecule has 1 unspecified atom stereocenters. The van der Waals surface area contributed by atoms with Crippen LogP contribution in [0.4, 0.5) is 0 Å². The third-order valence-electron chi connectivity index (χ3n) is 2.03. The molecule has 0 aliphatic carbocycles. The average molecular weight is 168 g/mol. The van der Waals surface area contributed by atoms with Crippen LogP contribution in [0.1, 0.15) is 18.0 Å². The molecule has 1 heterocycles. The molecule has 0 saturated carbocycles. The summed E-state index contributed by atoms with van der Waals surface area (Å²) >= 11 is 0. The number of aliphatic hydroxyl groups is 1. The zero-order valence-electron chi connectivity index (χ0n) is 7.62. The SMILES string of the molecule is CN(C)C(CCO)c1cc[nH]c1. The maximum absolute atomic E-state index is 8.85. The summed E-state index contributed by atoms with van der Waals surface area (Å²) in [6, 6.07) is 2.36. The molecule has 68 valence electrons. The summed E-state index contributed by atoms with van der Waals surface area (Å²) in [6.45, 7) is 0.230. The maximum Gasteiger partial charge on any atom is 0.0449 e. The van der Waals surface area contributed by atoms with E-state index < -0.39 is 0 Å². The van der Waals surface area contributed by atoms with Crippen molar-refractivity contribution in [2.24, 2.45) is 0 Å². The van der Waals surface area contributed by atoms with Crippen molar-refractivity contribution in [1.82, 2.24) is 9.88 Å². The average Bonchev–Trinajstić information content (AvgIpc) is 2.51. The van der Waals surface area contributed by atoms with E-state index in [1.54, 1.807) is 0 Å². The molecule has 0 bridgehead atoms. The normalized spacial score (nSPS) is 13.7. The Morgan fingerprint density at radius 1 is 1.58 bits per heavy atom. The van der Waals surface area contributed by atoms with Crippen LogP contribution in [0.2, 0.25) is 0 Å². The van der Waals surface area contributed by atoms with E-state index in [-0.39, 0.29) is 6.61 Å². The second-order valence-electron chi connectivity index (χ2n) is 3.14. The van der Waals surface area contributed by atoms with E-state index in [2.05, 4.69) is 9.88 Å². The van der Waals surface area contributed by atoms with Crippen molar-refractivity contribution in [2.75, 3.05) is 20.7 Å². The van der Waals surface area contributed by atoms with Crippen LogP contribution in [0.5, 0.6) is 0 Å². The second kappa shape index (κ2) is 4.28. The summed E-state index contributed by atoms with van der Waals surface area (Å²) in [4.78, 5) is 5.13. The first-order chi connectivity index (χ1) is 5.75. The largest absolute Gasteiger partial charge is 0.396 e. The van der Waals surface area contributed by atoms with Crippen LogP contribution in [-0.4, -0.2) is 35.7 Å². The summed E-state index contributed by atoms with van der Waals surface area (Å²) in [5.41, 5.74) is 1.23. The van der Waals surface area contributed by atoms with Crippen molar-refractivity contribution in [1.29, 1.82) is 0 Å². The van der Waals surface area contributed by atoms with Gasteiger partial charge in [0.05, 0.1) is 0 Å². The van der Waals surface area contributed by atoms with Crippen LogP contribution in [0.15, 0.2) is 18.5 Å². The minimum atomic E-state index is 0.230. The van der Waals surface area contributed by atoms with Crippen molar-refractivity contribution < 1.29 is 5.11 Å². The van der Waals surface area contributed by atoms with Gasteiger partial charge in [0.15, 0.2) is 0 Å². The van der Waals surface area contributed by atoms with Gasteiger partial charge in [-0.1, -0.05) is 0 Å². The second-order valence-corrected chi connectivity index (χ2v) is 3.14. The van der Waals surface area contributed by atoms with Gasteiger partial charge in [-0.2, -0.15) is 0 Å². The van der Waals surface area contributed by atoms with Gasteiger partial charge in [0.25, 0.3) is 0 Å². The molecule has 3 nitrogen and oxygen atoms in total. The maximum atomic E-state index is 8.85. The Morgan fingerprint density at radius 2 is 2.33 bits per heavy atom. The van der Waals surface area contributed by atoms with Gasteiger partial charge in [-0.15, -0.1) is 0 Å². The van der Waals surface area contributed by atoms with E-state index in [0.717, 1.165) is 6.42 Å². The minimum Gasteiger partial charge on any atom is -0.396 e. The molecule has 0 aliphatic heterocycles. The van der Waals surface area contributed by atoms with Gasteiger partial charge in [-0.3, -0.25) is 0 Å². The van der Waals surface area contributed by atoms with E-state index in [4.69, 9.17) is 5.11 Å². The first kappa shape index (κ1) is 9.29. The fraction of sp³-hybridized carbons (Fsp3) is 0.556. The molecule has 1 rings (SSSR count). The molecule has 0 fully saturated rings. The zero-order valence-corrected chi connectivity index (χ0v) is 7.62. The smallest absolute Gasteiger partial charge is 0.0449 e. The molecule has 1 aromatic heterocycles. The summed E-state index contributed by atoms with van der Waals surface area (Å²) in [7, 11) is 4.04. The minimum absolute atomic E-state index is 0.230. The van der Waals surface area contributed by atoms with Crippen LogP contribution >= 0.6 is 0 Å². The Balaban J connectivity index is 2.66. The highest BCUT2D eigenvalue weighted by Gasteiger charge is 2.12. The number of nitrogens with zero attached hydrogens (tertiary/aromatic N) is 1. The third kappa shape index (κ3) is 2.09. The van der Waals surface area contributed by atoms with E-state index in [9.17, 15) is 0 Å². The Labute approximate surface area is 73.0 Å². The van der Waals surface area contributed by atoms with Crippen molar-refractivity contribution in [3.8, 4) is 0 Å². The molecule has 0 aromatic carbocycles. The Morgan fingerprint density at radius 3 is 2.75 bits per heavy atom. The topological polar surface area (TPSA) is 39.3 Å². The van der Waals surface area contributed by atoms with Gasteiger partial charge in [0, 0.05) is 25.0 Å². The van der Waals surface area contributed by atoms with Crippen LogP contribution < -0.4 is 0 Å². The van der Waals surface area contributed by atoms with Gasteiger partial charge in [-0.05, 0) is 32.1 Å². The van der Waals surface area contributed by atoms with Crippen molar-refractivity contribution in [2.45, 2.75) is 12.5 Å². The first-order valence-electron chi connectivity index (χ1n) is 4.15. The monoisotopic (exact) mass is 168 g/mol. The quantitative estimate of drug-likeness (QED) is 0.704. The Hall–Kier alpha value is -0.800. The highest BCUT2D eigenvalue weighted by Crippen LogP contribution is 2.20. The summed E-state index contributed by atoms with van der Waals surface area (Å²) < 4.78 is 0. The molecule has 2 N–H and O–H groups in total. The molecule has 0 amide bonds. The van der Waals surface area contributed by atoms with Gasteiger partial charge in [0.2, 0.25) is 0 Å². The summed E-state index contributed by atoms with van der Waals surface area (Å²) in [6.07, 6.45) is 4.66. The fourth-order valence-electron chi connectivity index (χ4n) is 1.39. The van der Waals surface area contributed by atoms with E-state index in [1.165, 1.54) is 5.56 Å². The van der Waals surface area contributed by atoms with Gasteiger partial charge < -0.3 is 15.0 Å². The molecular formula is C9H16N2O. The first-order valence-corrected chi connectivity index (χ1v) is 4.15. The lowest BCUT2D eigenvalue weighted by atomic mass is 10.1. The molecule has 0 aliphatic rings. The number of rotatable bonds is 4. The van der Waals surface area contributed by atoms with E-state index in [1.807, 2.05) is 32.6 Å². The van der Waals surface area contributed by atoms with Crippen molar-refractivity contribution in [3.63, 3.8) is 0 Å². The van der Waals surface area contributed by atoms with Gasteiger partial charge in [0.1, 0.15) is 0 Å². The van der Waals surface area contributed by atoms with Crippen molar-refractivity contribution >= 4 is 0 Å². The molecule has 12 heavy (non-hydrogen) atoms. The number of H-pyrrole nitrogens is 1. The zero-order chi connectivity index (χ0) is 8.97. The lowest BCUT2D eigenvalue weighted by molar-refractivity contribution is 0.211. The molecular weight excluding hydrogens is 152 g/mol. The lowest BCUT2D eigenvalue weighted by Crippen LogP contribution is -2.20. The highest BCUT2D eigenvalue weighted by molar-refractivity contribution is 5.13. The molecule has 3 heteroatoms. The summed E-state index contributed by atoms with van der Waals surface area (Å²) in [5.74, 6) is 0. The molecule has 1 aromatic rings. The Bertz CT molecular complexity index is 206. The third-order valence-corrected chi connectivity index (χ3v) is 2.03. The molecule has 0 saturated heterocycles. The number of nitrogens with one attached hydrogen (secondary N) is 1.